The molecule has 0 spiro atoms. The molecule has 4 nitrogen and oxygen atoms in total. The highest BCUT2D eigenvalue weighted by atomic mass is 79.9. The zero-order valence-electron chi connectivity index (χ0n) is 9.19. The summed E-state index contributed by atoms with van der Waals surface area (Å²) in [4.78, 5) is 10.9. The van der Waals surface area contributed by atoms with Gasteiger partial charge in [0.15, 0.2) is 0 Å². The summed E-state index contributed by atoms with van der Waals surface area (Å²) in [5.41, 5.74) is 0.204. The molecule has 1 unspecified atom stereocenters. The van der Waals surface area contributed by atoms with Gasteiger partial charge in [0.2, 0.25) is 0 Å². The number of hydrogen-bond donors (Lipinski definition) is 1. The Balaban J connectivity index is 2.00. The third-order valence-corrected chi connectivity index (χ3v) is 3.32. The number of benzene rings is 1. The van der Waals surface area contributed by atoms with Crippen LogP contribution in [0.5, 0.6) is 5.75 Å². The van der Waals surface area contributed by atoms with Crippen LogP contribution in [0, 0.1) is 0 Å². The van der Waals surface area contributed by atoms with E-state index >= 15 is 0 Å². The summed E-state index contributed by atoms with van der Waals surface area (Å²) in [6.07, 6.45) is 2.20. The monoisotopic (exact) mass is 300 g/mol. The van der Waals surface area contributed by atoms with Gasteiger partial charge in [0.25, 0.3) is 0 Å². The fraction of sp³-hybridized carbons (Fsp3) is 0.417. The third kappa shape index (κ3) is 3.20. The van der Waals surface area contributed by atoms with Gasteiger partial charge in [0, 0.05) is 11.1 Å². The molecule has 0 saturated carbocycles. The molecule has 0 bridgehead atoms. The first-order valence-electron chi connectivity index (χ1n) is 5.44. The Hall–Kier alpha value is -1.07. The molecule has 0 aromatic heterocycles. The van der Waals surface area contributed by atoms with Crippen molar-refractivity contribution in [1.29, 1.82) is 0 Å². The fourth-order valence-corrected chi connectivity index (χ4v) is 2.14. The molecule has 1 N–H and O–H groups in total. The molecule has 1 heterocycles. The van der Waals surface area contributed by atoms with Crippen LogP contribution in [-0.4, -0.2) is 30.4 Å². The SMILES string of the molecule is O=C(O)c1cc(OCC2CCCO2)ccc1Br. The van der Waals surface area contributed by atoms with Crippen LogP contribution in [0.4, 0.5) is 0 Å². The molecular formula is C12H13BrO4. The summed E-state index contributed by atoms with van der Waals surface area (Å²) in [7, 11) is 0. The van der Waals surface area contributed by atoms with Crippen molar-refractivity contribution in [3.05, 3.63) is 28.2 Å². The summed E-state index contributed by atoms with van der Waals surface area (Å²) in [5.74, 6) is -0.416. The predicted octanol–water partition coefficient (Wildman–Crippen LogP) is 2.71. The lowest BCUT2D eigenvalue weighted by atomic mass is 10.2. The van der Waals surface area contributed by atoms with Crippen molar-refractivity contribution >= 4 is 21.9 Å². The van der Waals surface area contributed by atoms with Crippen LogP contribution in [0.1, 0.15) is 23.2 Å². The van der Waals surface area contributed by atoms with Crippen molar-refractivity contribution in [2.75, 3.05) is 13.2 Å². The van der Waals surface area contributed by atoms with Crippen LogP contribution in [0.2, 0.25) is 0 Å². The Morgan fingerprint density at radius 1 is 1.59 bits per heavy atom. The highest BCUT2D eigenvalue weighted by molar-refractivity contribution is 9.10. The molecule has 1 aromatic carbocycles. The smallest absolute Gasteiger partial charge is 0.336 e. The van der Waals surface area contributed by atoms with Crippen LogP contribution in [-0.2, 0) is 4.74 Å². The van der Waals surface area contributed by atoms with Crippen LogP contribution in [0.25, 0.3) is 0 Å². The van der Waals surface area contributed by atoms with Gasteiger partial charge < -0.3 is 14.6 Å². The maximum absolute atomic E-state index is 10.9. The molecule has 1 fully saturated rings. The fourth-order valence-electron chi connectivity index (χ4n) is 1.72. The molecule has 1 saturated heterocycles. The molecular weight excluding hydrogens is 288 g/mol. The van der Waals surface area contributed by atoms with Crippen molar-refractivity contribution in [3.63, 3.8) is 0 Å². The number of ether oxygens (including phenoxy) is 2. The zero-order valence-corrected chi connectivity index (χ0v) is 10.8. The van der Waals surface area contributed by atoms with Gasteiger partial charge in [-0.15, -0.1) is 0 Å². The lowest BCUT2D eigenvalue weighted by Gasteiger charge is -2.12. The normalized spacial score (nSPS) is 19.2. The summed E-state index contributed by atoms with van der Waals surface area (Å²) in [6.45, 7) is 1.26. The van der Waals surface area contributed by atoms with Crippen LogP contribution in [0.3, 0.4) is 0 Å². The highest BCUT2D eigenvalue weighted by Crippen LogP contribution is 2.23. The molecule has 2 rings (SSSR count). The number of carboxylic acids is 1. The second kappa shape index (κ2) is 5.51. The number of carboxylic acid groups (broad SMARTS) is 1. The first-order valence-corrected chi connectivity index (χ1v) is 6.23. The molecule has 5 heteroatoms. The van der Waals surface area contributed by atoms with E-state index in [0.717, 1.165) is 19.4 Å². The summed E-state index contributed by atoms with van der Waals surface area (Å²) >= 11 is 3.19. The van der Waals surface area contributed by atoms with E-state index in [4.69, 9.17) is 14.6 Å². The van der Waals surface area contributed by atoms with E-state index in [2.05, 4.69) is 15.9 Å². The molecule has 1 aromatic rings. The van der Waals surface area contributed by atoms with Gasteiger partial charge in [-0.1, -0.05) is 0 Å². The van der Waals surface area contributed by atoms with E-state index in [1.807, 2.05) is 0 Å². The Bertz CT molecular complexity index is 413. The van der Waals surface area contributed by atoms with Gasteiger partial charge in [-0.05, 0) is 47.0 Å². The molecule has 1 atom stereocenters. The van der Waals surface area contributed by atoms with E-state index in [0.29, 0.717) is 16.8 Å². The number of aromatic carboxylic acids is 1. The minimum Gasteiger partial charge on any atom is -0.491 e. The van der Waals surface area contributed by atoms with E-state index in [1.54, 1.807) is 12.1 Å². The largest absolute Gasteiger partial charge is 0.491 e. The highest BCUT2D eigenvalue weighted by Gasteiger charge is 2.16. The maximum atomic E-state index is 10.9. The van der Waals surface area contributed by atoms with Gasteiger partial charge >= 0.3 is 5.97 Å². The Morgan fingerprint density at radius 2 is 2.41 bits per heavy atom. The van der Waals surface area contributed by atoms with Gasteiger partial charge in [-0.2, -0.15) is 0 Å². The average Bonchev–Trinajstić information content (AvgIpc) is 2.80. The minimum absolute atomic E-state index is 0.131. The zero-order chi connectivity index (χ0) is 12.3. The molecule has 0 amide bonds. The van der Waals surface area contributed by atoms with Crippen LogP contribution in [0.15, 0.2) is 22.7 Å². The van der Waals surface area contributed by atoms with Crippen molar-refractivity contribution in [2.24, 2.45) is 0 Å². The van der Waals surface area contributed by atoms with Gasteiger partial charge in [-0.25, -0.2) is 4.79 Å². The number of carbonyl (C=O) groups is 1. The summed E-state index contributed by atoms with van der Waals surface area (Å²) in [5, 5.41) is 8.96. The van der Waals surface area contributed by atoms with Gasteiger partial charge in [0.1, 0.15) is 12.4 Å². The summed E-state index contributed by atoms with van der Waals surface area (Å²) < 4.78 is 11.5. The number of rotatable bonds is 4. The van der Waals surface area contributed by atoms with E-state index in [-0.39, 0.29) is 11.7 Å². The third-order valence-electron chi connectivity index (χ3n) is 2.63. The average molecular weight is 301 g/mol. The first kappa shape index (κ1) is 12.4. The Morgan fingerprint density at radius 3 is 3.06 bits per heavy atom. The summed E-state index contributed by atoms with van der Waals surface area (Å²) in [6, 6.07) is 4.93. The maximum Gasteiger partial charge on any atom is 0.336 e. The van der Waals surface area contributed by atoms with Crippen molar-refractivity contribution in [1.82, 2.24) is 0 Å². The molecule has 1 aliphatic rings. The van der Waals surface area contributed by atoms with Crippen molar-refractivity contribution in [2.45, 2.75) is 18.9 Å². The molecule has 17 heavy (non-hydrogen) atoms. The van der Waals surface area contributed by atoms with E-state index in [9.17, 15) is 4.79 Å². The van der Waals surface area contributed by atoms with Gasteiger partial charge in [0.05, 0.1) is 11.7 Å². The van der Waals surface area contributed by atoms with E-state index in [1.165, 1.54) is 6.07 Å². The van der Waals surface area contributed by atoms with Crippen LogP contribution >= 0.6 is 15.9 Å². The topological polar surface area (TPSA) is 55.8 Å². The number of halogens is 1. The van der Waals surface area contributed by atoms with Crippen molar-refractivity contribution < 1.29 is 19.4 Å². The van der Waals surface area contributed by atoms with Crippen LogP contribution < -0.4 is 4.74 Å². The Labute approximate surface area is 108 Å². The molecule has 0 aliphatic carbocycles. The molecule has 0 radical (unpaired) electrons. The standard InChI is InChI=1S/C12H13BrO4/c13-11-4-3-8(6-10(11)12(14)15)17-7-9-2-1-5-16-9/h3-4,6,9H,1-2,5,7H2,(H,14,15). The predicted molar refractivity (Wildman–Crippen MR) is 65.6 cm³/mol. The lowest BCUT2D eigenvalue weighted by Crippen LogP contribution is -2.16. The second-order valence-corrected chi connectivity index (χ2v) is 4.75. The van der Waals surface area contributed by atoms with Crippen molar-refractivity contribution in [3.8, 4) is 5.75 Å². The lowest BCUT2D eigenvalue weighted by molar-refractivity contribution is 0.0671. The first-order chi connectivity index (χ1) is 8.16. The quantitative estimate of drug-likeness (QED) is 0.929. The minimum atomic E-state index is -0.973. The second-order valence-electron chi connectivity index (χ2n) is 3.89. The molecule has 1 aliphatic heterocycles. The number of hydrogen-bond acceptors (Lipinski definition) is 3. The van der Waals surface area contributed by atoms with Gasteiger partial charge in [-0.3, -0.25) is 0 Å². The van der Waals surface area contributed by atoms with E-state index < -0.39 is 5.97 Å². The molecule has 92 valence electrons. The Kier molecular flexibility index (Phi) is 4.02.